The zero-order valence-corrected chi connectivity index (χ0v) is 15.4. The SMILES string of the molecule is CC(C)(C)OC(=O)NCCCC(=O)Nc1ccn(Cc2ccccn2)n1. The summed E-state index contributed by atoms with van der Waals surface area (Å²) in [5, 5.41) is 9.66. The lowest BCUT2D eigenvalue weighted by Gasteiger charge is -2.19. The summed E-state index contributed by atoms with van der Waals surface area (Å²) in [5.74, 6) is 0.338. The molecule has 2 N–H and O–H groups in total. The van der Waals surface area contributed by atoms with E-state index in [0.717, 1.165) is 5.69 Å². The Kier molecular flexibility index (Phi) is 6.71. The van der Waals surface area contributed by atoms with Crippen LogP contribution in [0.25, 0.3) is 0 Å². The summed E-state index contributed by atoms with van der Waals surface area (Å²) in [5.41, 5.74) is 0.358. The van der Waals surface area contributed by atoms with Gasteiger partial charge in [-0.25, -0.2) is 4.79 Å². The Morgan fingerprint density at radius 3 is 2.73 bits per heavy atom. The first-order valence-corrected chi connectivity index (χ1v) is 8.52. The van der Waals surface area contributed by atoms with Gasteiger partial charge < -0.3 is 15.4 Å². The topological polar surface area (TPSA) is 98.1 Å². The molecular formula is C18H25N5O3. The van der Waals surface area contributed by atoms with Crippen molar-refractivity contribution in [3.8, 4) is 0 Å². The van der Waals surface area contributed by atoms with Crippen LogP contribution in [0.3, 0.4) is 0 Å². The van der Waals surface area contributed by atoms with Crippen LogP contribution in [-0.4, -0.2) is 38.9 Å². The standard InChI is InChI=1S/C18H25N5O3/c1-18(2,3)26-17(25)20-11-6-8-16(24)21-15-9-12-23(22-15)13-14-7-4-5-10-19-14/h4-5,7,9-10,12H,6,8,11,13H2,1-3H3,(H,20,25)(H,21,22,24). The van der Waals surface area contributed by atoms with Gasteiger partial charge >= 0.3 is 6.09 Å². The van der Waals surface area contributed by atoms with Crippen molar-refractivity contribution in [1.82, 2.24) is 20.1 Å². The number of alkyl carbamates (subject to hydrolysis) is 1. The second kappa shape index (κ2) is 8.98. The van der Waals surface area contributed by atoms with Crippen LogP contribution in [-0.2, 0) is 16.1 Å². The van der Waals surface area contributed by atoms with Crippen LogP contribution in [0.4, 0.5) is 10.6 Å². The number of carbonyl (C=O) groups excluding carboxylic acids is 2. The maximum Gasteiger partial charge on any atom is 0.407 e. The molecule has 2 amide bonds. The highest BCUT2D eigenvalue weighted by Gasteiger charge is 2.15. The molecule has 0 atom stereocenters. The molecule has 8 heteroatoms. The normalized spacial score (nSPS) is 11.0. The van der Waals surface area contributed by atoms with Crippen LogP contribution in [0.5, 0.6) is 0 Å². The van der Waals surface area contributed by atoms with Crippen LogP contribution in [0, 0.1) is 0 Å². The van der Waals surface area contributed by atoms with E-state index in [4.69, 9.17) is 4.74 Å². The number of aromatic nitrogens is 3. The third-order valence-corrected chi connectivity index (χ3v) is 3.21. The predicted octanol–water partition coefficient (Wildman–Crippen LogP) is 2.57. The molecule has 0 saturated carbocycles. The Bertz CT molecular complexity index is 722. The highest BCUT2D eigenvalue weighted by atomic mass is 16.6. The first kappa shape index (κ1) is 19.4. The molecule has 0 aliphatic rings. The number of hydrogen-bond acceptors (Lipinski definition) is 5. The number of ether oxygens (including phenoxy) is 1. The van der Waals surface area contributed by atoms with E-state index in [9.17, 15) is 9.59 Å². The molecule has 0 radical (unpaired) electrons. The maximum absolute atomic E-state index is 11.9. The Hall–Kier alpha value is -2.90. The molecule has 0 saturated heterocycles. The molecule has 0 aromatic carbocycles. The van der Waals surface area contributed by atoms with E-state index in [-0.39, 0.29) is 12.3 Å². The number of pyridine rings is 1. The van der Waals surface area contributed by atoms with Crippen molar-refractivity contribution in [2.45, 2.75) is 45.8 Å². The summed E-state index contributed by atoms with van der Waals surface area (Å²) in [4.78, 5) is 27.7. The molecule has 0 aliphatic heterocycles. The van der Waals surface area contributed by atoms with Crippen molar-refractivity contribution in [2.24, 2.45) is 0 Å². The van der Waals surface area contributed by atoms with Gasteiger partial charge in [0.05, 0.1) is 12.2 Å². The second-order valence-corrected chi connectivity index (χ2v) is 6.80. The number of amides is 2. The van der Waals surface area contributed by atoms with Gasteiger partial charge in [0, 0.05) is 31.4 Å². The fourth-order valence-corrected chi connectivity index (χ4v) is 2.13. The smallest absolute Gasteiger partial charge is 0.407 e. The van der Waals surface area contributed by atoms with E-state index in [1.54, 1.807) is 43.9 Å². The molecular weight excluding hydrogens is 334 g/mol. The number of nitrogens with zero attached hydrogens (tertiary/aromatic N) is 3. The number of rotatable bonds is 7. The van der Waals surface area contributed by atoms with Crippen molar-refractivity contribution in [2.75, 3.05) is 11.9 Å². The van der Waals surface area contributed by atoms with Crippen LogP contribution in [0.1, 0.15) is 39.3 Å². The van der Waals surface area contributed by atoms with Crippen molar-refractivity contribution in [3.05, 3.63) is 42.4 Å². The zero-order chi connectivity index (χ0) is 19.0. The van der Waals surface area contributed by atoms with E-state index in [2.05, 4.69) is 20.7 Å². The van der Waals surface area contributed by atoms with Crippen molar-refractivity contribution >= 4 is 17.8 Å². The minimum atomic E-state index is -0.532. The Morgan fingerprint density at radius 1 is 1.23 bits per heavy atom. The Balaban J connectivity index is 1.68. The van der Waals surface area contributed by atoms with Crippen LogP contribution in [0.2, 0.25) is 0 Å². The van der Waals surface area contributed by atoms with Crippen LogP contribution in [0.15, 0.2) is 36.7 Å². The Labute approximate surface area is 153 Å². The van der Waals surface area contributed by atoms with E-state index in [1.165, 1.54) is 0 Å². The minimum Gasteiger partial charge on any atom is -0.444 e. The van der Waals surface area contributed by atoms with Gasteiger partial charge in [0.1, 0.15) is 5.60 Å². The lowest BCUT2D eigenvalue weighted by Crippen LogP contribution is -2.33. The van der Waals surface area contributed by atoms with Gasteiger partial charge in [0.25, 0.3) is 0 Å². The van der Waals surface area contributed by atoms with Crippen molar-refractivity contribution < 1.29 is 14.3 Å². The molecule has 0 spiro atoms. The molecule has 2 rings (SSSR count). The van der Waals surface area contributed by atoms with E-state index < -0.39 is 11.7 Å². The van der Waals surface area contributed by atoms with Crippen molar-refractivity contribution in [3.63, 3.8) is 0 Å². The van der Waals surface area contributed by atoms with Gasteiger partial charge in [-0.15, -0.1) is 0 Å². The molecule has 26 heavy (non-hydrogen) atoms. The number of carbonyl (C=O) groups is 2. The lowest BCUT2D eigenvalue weighted by atomic mass is 10.2. The quantitative estimate of drug-likeness (QED) is 0.741. The maximum atomic E-state index is 11.9. The van der Waals surface area contributed by atoms with Gasteiger partial charge in [0.15, 0.2) is 5.82 Å². The van der Waals surface area contributed by atoms with Crippen LogP contribution >= 0.6 is 0 Å². The zero-order valence-electron chi connectivity index (χ0n) is 15.4. The molecule has 8 nitrogen and oxygen atoms in total. The number of hydrogen-bond donors (Lipinski definition) is 2. The minimum absolute atomic E-state index is 0.154. The van der Waals surface area contributed by atoms with Gasteiger partial charge in [-0.1, -0.05) is 6.07 Å². The Morgan fingerprint density at radius 2 is 2.04 bits per heavy atom. The summed E-state index contributed by atoms with van der Waals surface area (Å²) >= 11 is 0. The van der Waals surface area contributed by atoms with E-state index in [1.807, 2.05) is 18.2 Å². The van der Waals surface area contributed by atoms with Gasteiger partial charge in [-0.3, -0.25) is 14.5 Å². The van der Waals surface area contributed by atoms with Crippen molar-refractivity contribution in [1.29, 1.82) is 0 Å². The number of nitrogens with one attached hydrogen (secondary N) is 2. The molecule has 0 fully saturated rings. The van der Waals surface area contributed by atoms with E-state index in [0.29, 0.717) is 25.3 Å². The predicted molar refractivity (Wildman–Crippen MR) is 97.7 cm³/mol. The fraction of sp³-hybridized carbons (Fsp3) is 0.444. The molecule has 2 aromatic heterocycles. The first-order valence-electron chi connectivity index (χ1n) is 8.52. The van der Waals surface area contributed by atoms with Gasteiger partial charge in [0.2, 0.25) is 5.91 Å². The average Bonchev–Trinajstić information content (AvgIpc) is 2.98. The summed E-state index contributed by atoms with van der Waals surface area (Å²) in [6, 6.07) is 7.42. The molecule has 0 bridgehead atoms. The molecule has 2 aromatic rings. The average molecular weight is 359 g/mol. The lowest BCUT2D eigenvalue weighted by molar-refractivity contribution is -0.116. The summed E-state index contributed by atoms with van der Waals surface area (Å²) < 4.78 is 6.83. The third kappa shape index (κ3) is 7.33. The summed E-state index contributed by atoms with van der Waals surface area (Å²) in [7, 11) is 0. The summed E-state index contributed by atoms with van der Waals surface area (Å²) in [6.07, 6.45) is 3.83. The second-order valence-electron chi connectivity index (χ2n) is 6.80. The molecule has 0 unspecified atom stereocenters. The molecule has 140 valence electrons. The van der Waals surface area contributed by atoms with Crippen LogP contribution < -0.4 is 10.6 Å². The number of anilines is 1. The first-order chi connectivity index (χ1) is 12.3. The fourth-order valence-electron chi connectivity index (χ4n) is 2.13. The molecule has 0 aliphatic carbocycles. The molecule has 2 heterocycles. The van der Waals surface area contributed by atoms with E-state index >= 15 is 0 Å². The van der Waals surface area contributed by atoms with Gasteiger partial charge in [-0.2, -0.15) is 5.10 Å². The van der Waals surface area contributed by atoms with Gasteiger partial charge in [-0.05, 0) is 39.3 Å². The monoisotopic (exact) mass is 359 g/mol. The highest BCUT2D eigenvalue weighted by Crippen LogP contribution is 2.07. The highest BCUT2D eigenvalue weighted by molar-refractivity contribution is 5.89. The largest absolute Gasteiger partial charge is 0.444 e. The third-order valence-electron chi connectivity index (χ3n) is 3.21. The summed E-state index contributed by atoms with van der Waals surface area (Å²) in [6.45, 7) is 6.31.